The second kappa shape index (κ2) is 6.38. The number of carbonyl (C=O) groups is 1. The molecule has 2 heterocycles. The number of nitrogens with zero attached hydrogens (tertiary/aromatic N) is 2. The first-order chi connectivity index (χ1) is 8.72. The Morgan fingerprint density at radius 2 is 2.28 bits per heavy atom. The number of carbonyl (C=O) groups excluding carboxylic acids is 1. The average molecular weight is 314 g/mol. The van der Waals surface area contributed by atoms with Crippen LogP contribution in [0, 0.1) is 0 Å². The van der Waals surface area contributed by atoms with Gasteiger partial charge in [0.25, 0.3) is 5.91 Å². The van der Waals surface area contributed by atoms with Gasteiger partial charge in [0.1, 0.15) is 5.69 Å². The molecule has 18 heavy (non-hydrogen) atoms. The van der Waals surface area contributed by atoms with E-state index in [9.17, 15) is 4.79 Å². The van der Waals surface area contributed by atoms with Crippen LogP contribution in [0.15, 0.2) is 16.7 Å². The smallest absolute Gasteiger partial charge is 0.270 e. The number of nitrogens with one attached hydrogen (secondary N) is 1. The lowest BCUT2D eigenvalue weighted by molar-refractivity contribution is 0.0755. The van der Waals surface area contributed by atoms with E-state index in [4.69, 9.17) is 0 Å². The van der Waals surface area contributed by atoms with Crippen LogP contribution < -0.4 is 5.32 Å². The first kappa shape index (κ1) is 13.6. The zero-order chi connectivity index (χ0) is 13.0. The molecule has 1 aliphatic rings. The molecular formula is C13H20BrN3O. The summed E-state index contributed by atoms with van der Waals surface area (Å²) in [4.78, 5) is 14.5. The van der Waals surface area contributed by atoms with Crippen LogP contribution in [0.4, 0.5) is 0 Å². The van der Waals surface area contributed by atoms with Gasteiger partial charge in [-0.1, -0.05) is 6.92 Å². The van der Waals surface area contributed by atoms with E-state index in [1.807, 2.05) is 21.7 Å². The Hall–Kier alpha value is -0.810. The quantitative estimate of drug-likeness (QED) is 0.928. The maximum Gasteiger partial charge on any atom is 0.270 e. The average Bonchev–Trinajstić information content (AvgIpc) is 2.57. The summed E-state index contributed by atoms with van der Waals surface area (Å²) >= 11 is 3.46. The molecule has 0 aromatic carbocycles. The van der Waals surface area contributed by atoms with Crippen molar-refractivity contribution in [3.63, 3.8) is 0 Å². The molecule has 1 fully saturated rings. The van der Waals surface area contributed by atoms with Gasteiger partial charge < -0.3 is 14.8 Å². The number of aryl methyl sites for hydroxylation is 1. The Kier molecular flexibility index (Phi) is 4.83. The number of aromatic nitrogens is 1. The van der Waals surface area contributed by atoms with Gasteiger partial charge in [-0.2, -0.15) is 0 Å². The molecule has 1 saturated heterocycles. The molecule has 0 saturated carbocycles. The van der Waals surface area contributed by atoms with Crippen molar-refractivity contribution in [3.8, 4) is 0 Å². The van der Waals surface area contributed by atoms with E-state index < -0.39 is 0 Å². The SMILES string of the molecule is CCCn1cc(Br)cc1C(=O)N1CCCNCC1. The van der Waals surface area contributed by atoms with E-state index in [0.29, 0.717) is 0 Å². The molecule has 0 spiro atoms. The molecule has 2 rings (SSSR count). The van der Waals surface area contributed by atoms with E-state index >= 15 is 0 Å². The third-order valence-corrected chi connectivity index (χ3v) is 3.61. The van der Waals surface area contributed by atoms with Gasteiger partial charge in [-0.05, 0) is 41.4 Å². The molecular weight excluding hydrogens is 294 g/mol. The lowest BCUT2D eigenvalue weighted by atomic mass is 10.3. The van der Waals surface area contributed by atoms with Gasteiger partial charge in [0.15, 0.2) is 0 Å². The van der Waals surface area contributed by atoms with E-state index in [-0.39, 0.29) is 5.91 Å². The van der Waals surface area contributed by atoms with Crippen LogP contribution in [0.3, 0.4) is 0 Å². The molecule has 100 valence electrons. The Balaban J connectivity index is 2.16. The Morgan fingerprint density at radius 3 is 3.06 bits per heavy atom. The van der Waals surface area contributed by atoms with Crippen LogP contribution in [0.25, 0.3) is 0 Å². The normalized spacial score (nSPS) is 16.7. The van der Waals surface area contributed by atoms with Crippen LogP contribution in [-0.2, 0) is 6.54 Å². The van der Waals surface area contributed by atoms with Gasteiger partial charge in [0, 0.05) is 36.8 Å². The van der Waals surface area contributed by atoms with Crippen molar-refractivity contribution >= 4 is 21.8 Å². The molecule has 5 heteroatoms. The van der Waals surface area contributed by atoms with Crippen molar-refractivity contribution in [2.24, 2.45) is 0 Å². The minimum Gasteiger partial charge on any atom is -0.342 e. The zero-order valence-electron chi connectivity index (χ0n) is 10.8. The van der Waals surface area contributed by atoms with Crippen molar-refractivity contribution in [2.45, 2.75) is 26.3 Å². The molecule has 1 aliphatic heterocycles. The second-order valence-corrected chi connectivity index (χ2v) is 5.55. The molecule has 0 bridgehead atoms. The van der Waals surface area contributed by atoms with Gasteiger partial charge in [-0.25, -0.2) is 0 Å². The molecule has 1 amide bonds. The zero-order valence-corrected chi connectivity index (χ0v) is 12.4. The van der Waals surface area contributed by atoms with Crippen LogP contribution in [0.5, 0.6) is 0 Å². The van der Waals surface area contributed by atoms with Crippen LogP contribution in [-0.4, -0.2) is 41.6 Å². The van der Waals surface area contributed by atoms with Gasteiger partial charge in [0.2, 0.25) is 0 Å². The fourth-order valence-corrected chi connectivity index (χ4v) is 2.75. The number of amides is 1. The number of hydrogen-bond acceptors (Lipinski definition) is 2. The summed E-state index contributed by atoms with van der Waals surface area (Å²) in [6.07, 6.45) is 4.05. The van der Waals surface area contributed by atoms with Crippen molar-refractivity contribution in [3.05, 3.63) is 22.4 Å². The van der Waals surface area contributed by atoms with Crippen molar-refractivity contribution in [2.75, 3.05) is 26.2 Å². The molecule has 1 N–H and O–H groups in total. The molecule has 0 unspecified atom stereocenters. The Labute approximate surface area is 116 Å². The molecule has 1 aromatic rings. The van der Waals surface area contributed by atoms with E-state index in [0.717, 1.165) is 55.7 Å². The third-order valence-electron chi connectivity index (χ3n) is 3.17. The fourth-order valence-electron chi connectivity index (χ4n) is 2.29. The minimum atomic E-state index is 0.151. The van der Waals surface area contributed by atoms with Gasteiger partial charge in [0.05, 0.1) is 0 Å². The van der Waals surface area contributed by atoms with E-state index in [2.05, 4.69) is 28.2 Å². The van der Waals surface area contributed by atoms with Crippen LogP contribution in [0.1, 0.15) is 30.3 Å². The lowest BCUT2D eigenvalue weighted by Gasteiger charge is -2.20. The fraction of sp³-hybridized carbons (Fsp3) is 0.615. The van der Waals surface area contributed by atoms with Gasteiger partial charge in [-0.3, -0.25) is 4.79 Å². The predicted molar refractivity (Wildman–Crippen MR) is 75.8 cm³/mol. The summed E-state index contributed by atoms with van der Waals surface area (Å²) < 4.78 is 3.03. The first-order valence-corrected chi connectivity index (χ1v) is 7.37. The first-order valence-electron chi connectivity index (χ1n) is 6.58. The second-order valence-electron chi connectivity index (χ2n) is 4.63. The molecule has 0 aliphatic carbocycles. The summed E-state index contributed by atoms with van der Waals surface area (Å²) in [7, 11) is 0. The topological polar surface area (TPSA) is 37.3 Å². The predicted octanol–water partition coefficient (Wildman–Crippen LogP) is 2.10. The number of halogens is 1. The summed E-state index contributed by atoms with van der Waals surface area (Å²) in [6.45, 7) is 6.55. The maximum absolute atomic E-state index is 12.5. The molecule has 0 radical (unpaired) electrons. The van der Waals surface area contributed by atoms with E-state index in [1.54, 1.807) is 0 Å². The summed E-state index contributed by atoms with van der Waals surface area (Å²) in [5, 5.41) is 3.32. The highest BCUT2D eigenvalue weighted by Crippen LogP contribution is 2.17. The third kappa shape index (κ3) is 3.14. The largest absolute Gasteiger partial charge is 0.342 e. The highest BCUT2D eigenvalue weighted by Gasteiger charge is 2.20. The summed E-state index contributed by atoms with van der Waals surface area (Å²) in [5.74, 6) is 0.151. The summed E-state index contributed by atoms with van der Waals surface area (Å²) in [6, 6.07) is 1.93. The van der Waals surface area contributed by atoms with Gasteiger partial charge in [-0.15, -0.1) is 0 Å². The summed E-state index contributed by atoms with van der Waals surface area (Å²) in [5.41, 5.74) is 0.797. The highest BCUT2D eigenvalue weighted by molar-refractivity contribution is 9.10. The van der Waals surface area contributed by atoms with Crippen molar-refractivity contribution in [1.82, 2.24) is 14.8 Å². The van der Waals surface area contributed by atoms with E-state index in [1.165, 1.54) is 0 Å². The Bertz CT molecular complexity index is 408. The van der Waals surface area contributed by atoms with Gasteiger partial charge >= 0.3 is 0 Å². The molecule has 0 atom stereocenters. The maximum atomic E-state index is 12.5. The Morgan fingerprint density at radius 1 is 1.44 bits per heavy atom. The monoisotopic (exact) mass is 313 g/mol. The standard InChI is InChI=1S/C13H20BrN3O/c1-2-6-17-10-11(14)9-12(17)13(18)16-7-3-4-15-5-8-16/h9-10,15H,2-8H2,1H3. The minimum absolute atomic E-state index is 0.151. The van der Waals surface area contributed by atoms with Crippen LogP contribution in [0.2, 0.25) is 0 Å². The lowest BCUT2D eigenvalue weighted by Crippen LogP contribution is -2.35. The molecule has 4 nitrogen and oxygen atoms in total. The number of hydrogen-bond donors (Lipinski definition) is 1. The number of rotatable bonds is 3. The van der Waals surface area contributed by atoms with Crippen molar-refractivity contribution < 1.29 is 4.79 Å². The van der Waals surface area contributed by atoms with Crippen LogP contribution >= 0.6 is 15.9 Å². The van der Waals surface area contributed by atoms with Crippen molar-refractivity contribution in [1.29, 1.82) is 0 Å². The highest BCUT2D eigenvalue weighted by atomic mass is 79.9. The molecule has 1 aromatic heterocycles.